The van der Waals surface area contributed by atoms with Gasteiger partial charge < -0.3 is 0 Å². The van der Waals surface area contributed by atoms with Crippen LogP contribution in [-0.4, -0.2) is 14.2 Å². The Morgan fingerprint density at radius 3 is 2.38 bits per heavy atom. The number of fused-ring (bicyclic) bond motifs is 3. The average molecular weight is 302 g/mol. The Hall–Kier alpha value is -1.42. The van der Waals surface area contributed by atoms with Crippen LogP contribution in [0.1, 0.15) is 32.1 Å². The molecule has 0 N–H and O–H groups in total. The Labute approximate surface area is 125 Å². The molecule has 0 radical (unpaired) electrons. The van der Waals surface area contributed by atoms with Gasteiger partial charge in [0, 0.05) is 17.2 Å². The largest absolute Gasteiger partial charge is 0.299 e. The fourth-order valence-electron chi connectivity index (χ4n) is 4.31. The molecule has 110 valence electrons. The maximum atomic E-state index is 12.9. The molecule has 3 atom stereocenters. The summed E-state index contributed by atoms with van der Waals surface area (Å²) in [6, 6.07) is 8.63. The van der Waals surface area contributed by atoms with Crippen molar-refractivity contribution in [2.45, 2.75) is 37.0 Å². The molecule has 0 spiro atoms. The van der Waals surface area contributed by atoms with Crippen LogP contribution in [0.15, 0.2) is 45.7 Å². The summed E-state index contributed by atoms with van der Waals surface area (Å²) in [5, 5.41) is 0. The molecule has 4 heteroatoms. The van der Waals surface area contributed by atoms with E-state index in [4.69, 9.17) is 0 Å². The normalized spacial score (nSPS) is 31.6. The van der Waals surface area contributed by atoms with E-state index >= 15 is 0 Å². The summed E-state index contributed by atoms with van der Waals surface area (Å²) in [6.45, 7) is 0. The number of benzene rings is 1. The molecule has 3 nitrogen and oxygen atoms in total. The topological polar surface area (TPSA) is 51.2 Å². The number of carbonyl (C=O) groups excluding carboxylic acids is 1. The van der Waals surface area contributed by atoms with Crippen molar-refractivity contribution in [2.24, 2.45) is 17.8 Å². The van der Waals surface area contributed by atoms with Gasteiger partial charge in [-0.3, -0.25) is 4.79 Å². The first kappa shape index (κ1) is 13.3. The fraction of sp³-hybridized carbons (Fsp3) is 0.471. The van der Waals surface area contributed by atoms with E-state index in [0.29, 0.717) is 34.5 Å². The van der Waals surface area contributed by atoms with Crippen LogP contribution in [0, 0.1) is 17.8 Å². The summed E-state index contributed by atoms with van der Waals surface area (Å²) in [6.07, 6.45) is 3.97. The summed E-state index contributed by atoms with van der Waals surface area (Å²) >= 11 is 0. The molecular formula is C17H18O3S. The van der Waals surface area contributed by atoms with E-state index in [1.165, 1.54) is 0 Å². The van der Waals surface area contributed by atoms with E-state index in [0.717, 1.165) is 24.8 Å². The number of hydrogen-bond acceptors (Lipinski definition) is 3. The first-order valence-corrected chi connectivity index (χ1v) is 9.12. The zero-order valence-corrected chi connectivity index (χ0v) is 12.6. The predicted octanol–water partition coefficient (Wildman–Crippen LogP) is 3.12. The van der Waals surface area contributed by atoms with Gasteiger partial charge >= 0.3 is 0 Å². The van der Waals surface area contributed by atoms with Crippen LogP contribution in [0.4, 0.5) is 0 Å². The number of ketones is 1. The van der Waals surface area contributed by atoms with Crippen LogP contribution in [0.5, 0.6) is 0 Å². The molecule has 2 fully saturated rings. The molecule has 1 aromatic carbocycles. The lowest BCUT2D eigenvalue weighted by Gasteiger charge is -2.43. The fourth-order valence-corrected chi connectivity index (χ4v) is 6.11. The third-order valence-electron chi connectivity index (χ3n) is 5.48. The number of rotatable bonds is 2. The Kier molecular flexibility index (Phi) is 2.86. The van der Waals surface area contributed by atoms with Gasteiger partial charge in [-0.1, -0.05) is 23.8 Å². The van der Waals surface area contributed by atoms with E-state index in [2.05, 4.69) is 0 Å². The van der Waals surface area contributed by atoms with Gasteiger partial charge in [0.05, 0.1) is 4.90 Å². The van der Waals surface area contributed by atoms with Crippen molar-refractivity contribution in [3.05, 3.63) is 40.8 Å². The van der Waals surface area contributed by atoms with E-state index in [1.54, 1.807) is 24.3 Å². The molecule has 0 saturated heterocycles. The van der Waals surface area contributed by atoms with Crippen molar-refractivity contribution in [1.29, 1.82) is 0 Å². The molecule has 3 unspecified atom stereocenters. The molecule has 21 heavy (non-hydrogen) atoms. The molecule has 2 saturated carbocycles. The minimum atomic E-state index is -3.43. The molecular weight excluding hydrogens is 284 g/mol. The van der Waals surface area contributed by atoms with Crippen molar-refractivity contribution in [2.75, 3.05) is 0 Å². The van der Waals surface area contributed by atoms with Gasteiger partial charge in [-0.15, -0.1) is 0 Å². The summed E-state index contributed by atoms with van der Waals surface area (Å²) in [5.41, 5.74) is 1.12. The van der Waals surface area contributed by atoms with Gasteiger partial charge in [-0.05, 0) is 49.7 Å². The highest BCUT2D eigenvalue weighted by molar-refractivity contribution is 7.95. The molecule has 3 aliphatic carbocycles. The van der Waals surface area contributed by atoms with E-state index in [9.17, 15) is 13.2 Å². The third-order valence-corrected chi connectivity index (χ3v) is 7.46. The Balaban J connectivity index is 1.80. The molecule has 0 amide bonds. The van der Waals surface area contributed by atoms with Crippen LogP contribution >= 0.6 is 0 Å². The minimum Gasteiger partial charge on any atom is -0.299 e. The summed E-state index contributed by atoms with van der Waals surface area (Å²) in [4.78, 5) is 13.0. The van der Waals surface area contributed by atoms with Crippen molar-refractivity contribution in [1.82, 2.24) is 0 Å². The van der Waals surface area contributed by atoms with Crippen LogP contribution < -0.4 is 0 Å². The molecule has 0 bridgehead atoms. The van der Waals surface area contributed by atoms with Crippen molar-refractivity contribution in [3.8, 4) is 0 Å². The minimum absolute atomic E-state index is 0.0486. The van der Waals surface area contributed by atoms with E-state index in [1.807, 2.05) is 6.07 Å². The van der Waals surface area contributed by atoms with Gasteiger partial charge in [0.15, 0.2) is 0 Å². The van der Waals surface area contributed by atoms with Gasteiger partial charge in [0.25, 0.3) is 0 Å². The predicted molar refractivity (Wildman–Crippen MR) is 79.2 cm³/mol. The Morgan fingerprint density at radius 1 is 0.952 bits per heavy atom. The van der Waals surface area contributed by atoms with Gasteiger partial charge in [0.1, 0.15) is 5.78 Å². The summed E-state index contributed by atoms with van der Waals surface area (Å²) in [5.74, 6) is 0.985. The second-order valence-electron chi connectivity index (χ2n) is 6.39. The zero-order chi connectivity index (χ0) is 14.6. The Morgan fingerprint density at radius 2 is 1.71 bits per heavy atom. The second kappa shape index (κ2) is 4.54. The van der Waals surface area contributed by atoms with Crippen LogP contribution in [0.2, 0.25) is 0 Å². The SMILES string of the molecule is O=C1CCC2C1CC(S(=O)(=O)c1ccccc1)=C1CCC12. The highest BCUT2D eigenvalue weighted by Crippen LogP contribution is 2.55. The molecule has 3 aliphatic rings. The molecule has 1 aromatic rings. The average Bonchev–Trinajstić information content (AvgIpc) is 2.80. The lowest BCUT2D eigenvalue weighted by molar-refractivity contribution is -0.121. The van der Waals surface area contributed by atoms with Gasteiger partial charge in [-0.2, -0.15) is 0 Å². The first-order valence-electron chi connectivity index (χ1n) is 7.64. The van der Waals surface area contributed by atoms with Crippen molar-refractivity contribution >= 4 is 15.6 Å². The highest BCUT2D eigenvalue weighted by Gasteiger charge is 2.50. The maximum absolute atomic E-state index is 12.9. The van der Waals surface area contributed by atoms with Gasteiger partial charge in [-0.25, -0.2) is 8.42 Å². The van der Waals surface area contributed by atoms with Gasteiger partial charge in [0.2, 0.25) is 9.84 Å². The van der Waals surface area contributed by atoms with E-state index in [-0.39, 0.29) is 11.7 Å². The highest BCUT2D eigenvalue weighted by atomic mass is 32.2. The number of Topliss-reactive ketones (excluding diaryl/α,β-unsaturated/α-hetero) is 1. The van der Waals surface area contributed by atoms with Crippen molar-refractivity contribution in [3.63, 3.8) is 0 Å². The molecule has 4 rings (SSSR count). The summed E-state index contributed by atoms with van der Waals surface area (Å²) in [7, 11) is -3.43. The standard InChI is InChI=1S/C17H18O3S/c18-16-9-8-13-12-6-7-14(12)17(10-15(13)16)21(19,20)11-4-2-1-3-5-11/h1-5,12-13,15H,6-10H2. The monoisotopic (exact) mass is 302 g/mol. The quantitative estimate of drug-likeness (QED) is 0.843. The number of carbonyl (C=O) groups is 1. The van der Waals surface area contributed by atoms with Crippen LogP contribution in [-0.2, 0) is 14.6 Å². The molecule has 0 heterocycles. The smallest absolute Gasteiger partial charge is 0.202 e. The third kappa shape index (κ3) is 1.85. The zero-order valence-electron chi connectivity index (χ0n) is 11.8. The lowest BCUT2D eigenvalue weighted by Crippen LogP contribution is -2.36. The Bertz CT molecular complexity index is 731. The number of sulfone groups is 1. The van der Waals surface area contributed by atoms with Crippen LogP contribution in [0.25, 0.3) is 0 Å². The molecule has 0 aliphatic heterocycles. The maximum Gasteiger partial charge on any atom is 0.202 e. The van der Waals surface area contributed by atoms with Crippen molar-refractivity contribution < 1.29 is 13.2 Å². The molecule has 0 aromatic heterocycles. The second-order valence-corrected chi connectivity index (χ2v) is 8.36. The number of allylic oxidation sites excluding steroid dienone is 2. The summed E-state index contributed by atoms with van der Waals surface area (Å²) < 4.78 is 25.8. The first-order chi connectivity index (χ1) is 10.1. The van der Waals surface area contributed by atoms with E-state index < -0.39 is 9.84 Å². The van der Waals surface area contributed by atoms with Crippen LogP contribution in [0.3, 0.4) is 0 Å². The number of hydrogen-bond donors (Lipinski definition) is 0. The lowest BCUT2D eigenvalue weighted by atomic mass is 9.63.